The zero-order chi connectivity index (χ0) is 13.1. The van der Waals surface area contributed by atoms with E-state index in [-0.39, 0.29) is 5.92 Å². The second kappa shape index (κ2) is 5.35. The first kappa shape index (κ1) is 13.8. The molecule has 0 aliphatic carbocycles. The summed E-state index contributed by atoms with van der Waals surface area (Å²) >= 11 is 0. The molecule has 0 bridgehead atoms. The molecule has 0 radical (unpaired) electrons. The lowest BCUT2D eigenvalue weighted by Crippen LogP contribution is -2.38. The number of nitrogens with one attached hydrogen (secondary N) is 2. The second-order valence-electron chi connectivity index (χ2n) is 5.25. The van der Waals surface area contributed by atoms with Crippen LogP contribution >= 0.6 is 0 Å². The average Bonchev–Trinajstić information content (AvgIpc) is 2.59. The van der Waals surface area contributed by atoms with Crippen molar-refractivity contribution in [2.45, 2.75) is 26.4 Å². The summed E-state index contributed by atoms with van der Waals surface area (Å²) in [6.45, 7) is 6.72. The maximum Gasteiger partial charge on any atom is 0.407 e. The van der Waals surface area contributed by atoms with Crippen molar-refractivity contribution in [1.82, 2.24) is 10.6 Å². The van der Waals surface area contributed by atoms with Crippen LogP contribution in [0.15, 0.2) is 0 Å². The Balaban J connectivity index is 2.35. The van der Waals surface area contributed by atoms with E-state index < -0.39 is 23.6 Å². The summed E-state index contributed by atoms with van der Waals surface area (Å²) < 4.78 is 5.08. The molecule has 0 aromatic carbocycles. The van der Waals surface area contributed by atoms with Crippen LogP contribution in [0, 0.1) is 11.8 Å². The fourth-order valence-electron chi connectivity index (χ4n) is 1.77. The zero-order valence-electron chi connectivity index (χ0n) is 10.4. The van der Waals surface area contributed by atoms with Crippen molar-refractivity contribution in [3.63, 3.8) is 0 Å². The van der Waals surface area contributed by atoms with Gasteiger partial charge in [0.15, 0.2) is 0 Å². The minimum absolute atomic E-state index is 0.0833. The van der Waals surface area contributed by atoms with Crippen molar-refractivity contribution in [3.05, 3.63) is 0 Å². The Bertz CT molecular complexity index is 298. The van der Waals surface area contributed by atoms with Gasteiger partial charge in [0.05, 0.1) is 5.92 Å². The third-order valence-corrected chi connectivity index (χ3v) is 2.56. The van der Waals surface area contributed by atoms with Gasteiger partial charge in [-0.3, -0.25) is 4.79 Å². The lowest BCUT2D eigenvalue weighted by Gasteiger charge is -2.21. The number of ether oxygens (including phenoxy) is 1. The molecule has 98 valence electrons. The molecule has 6 heteroatoms. The molecule has 6 nitrogen and oxygen atoms in total. The van der Waals surface area contributed by atoms with E-state index in [9.17, 15) is 9.59 Å². The highest BCUT2D eigenvalue weighted by atomic mass is 16.6. The Kier molecular flexibility index (Phi) is 4.34. The van der Waals surface area contributed by atoms with Crippen LogP contribution in [0.25, 0.3) is 0 Å². The number of carbonyl (C=O) groups is 2. The number of rotatable bonds is 3. The third kappa shape index (κ3) is 4.60. The fraction of sp³-hybridized carbons (Fsp3) is 0.818. The Morgan fingerprint density at radius 2 is 2.06 bits per heavy atom. The summed E-state index contributed by atoms with van der Waals surface area (Å²) in [4.78, 5) is 22.3. The number of hydrogen-bond acceptors (Lipinski definition) is 4. The summed E-state index contributed by atoms with van der Waals surface area (Å²) in [5.41, 5.74) is -0.537. The Morgan fingerprint density at radius 1 is 1.41 bits per heavy atom. The molecule has 1 rings (SSSR count). The van der Waals surface area contributed by atoms with E-state index in [0.717, 1.165) is 0 Å². The molecule has 0 aromatic heterocycles. The summed E-state index contributed by atoms with van der Waals surface area (Å²) in [6, 6.07) is 0. The molecule has 2 unspecified atom stereocenters. The Hall–Kier alpha value is -1.30. The van der Waals surface area contributed by atoms with E-state index >= 15 is 0 Å². The fourth-order valence-corrected chi connectivity index (χ4v) is 1.77. The summed E-state index contributed by atoms with van der Waals surface area (Å²) in [5, 5.41) is 14.6. The number of carboxylic acids is 1. The zero-order valence-corrected chi connectivity index (χ0v) is 10.4. The Labute approximate surface area is 101 Å². The number of hydrogen-bond donors (Lipinski definition) is 3. The van der Waals surface area contributed by atoms with Crippen LogP contribution in [0.1, 0.15) is 20.8 Å². The van der Waals surface area contributed by atoms with Crippen LogP contribution in [0.4, 0.5) is 4.79 Å². The lowest BCUT2D eigenvalue weighted by molar-refractivity contribution is -0.142. The number of carbonyl (C=O) groups excluding carboxylic acids is 1. The molecule has 0 aromatic rings. The van der Waals surface area contributed by atoms with Crippen LogP contribution in [0.5, 0.6) is 0 Å². The molecular weight excluding hydrogens is 224 g/mol. The van der Waals surface area contributed by atoms with E-state index in [1.165, 1.54) is 0 Å². The highest BCUT2D eigenvalue weighted by Crippen LogP contribution is 2.16. The lowest BCUT2D eigenvalue weighted by atomic mass is 9.96. The SMILES string of the molecule is CC(C)(C)OC(=O)NCC1CNCC1C(=O)O. The molecule has 1 aliphatic heterocycles. The van der Waals surface area contributed by atoms with Crippen LogP contribution in [0.3, 0.4) is 0 Å². The van der Waals surface area contributed by atoms with Crippen LogP contribution < -0.4 is 10.6 Å². The van der Waals surface area contributed by atoms with Crippen molar-refractivity contribution in [2.24, 2.45) is 11.8 Å². The maximum atomic E-state index is 11.4. The first-order valence-electron chi connectivity index (χ1n) is 5.70. The molecule has 1 fully saturated rings. The summed E-state index contributed by atoms with van der Waals surface area (Å²) in [7, 11) is 0. The quantitative estimate of drug-likeness (QED) is 0.670. The minimum Gasteiger partial charge on any atom is -0.481 e. The van der Waals surface area contributed by atoms with Crippen molar-refractivity contribution in [2.75, 3.05) is 19.6 Å². The monoisotopic (exact) mass is 244 g/mol. The first-order chi connectivity index (χ1) is 7.79. The van der Waals surface area contributed by atoms with E-state index in [2.05, 4.69) is 10.6 Å². The van der Waals surface area contributed by atoms with E-state index in [1.807, 2.05) is 0 Å². The van der Waals surface area contributed by atoms with Gasteiger partial charge in [-0.05, 0) is 20.8 Å². The van der Waals surface area contributed by atoms with Crippen molar-refractivity contribution >= 4 is 12.1 Å². The predicted octanol–water partition coefficient (Wildman–Crippen LogP) is 0.431. The van der Waals surface area contributed by atoms with Crippen molar-refractivity contribution in [3.8, 4) is 0 Å². The molecule has 1 saturated heterocycles. The van der Waals surface area contributed by atoms with Gasteiger partial charge >= 0.3 is 12.1 Å². The topological polar surface area (TPSA) is 87.7 Å². The molecule has 0 saturated carbocycles. The Morgan fingerprint density at radius 3 is 2.59 bits per heavy atom. The second-order valence-corrected chi connectivity index (χ2v) is 5.25. The average molecular weight is 244 g/mol. The van der Waals surface area contributed by atoms with Crippen molar-refractivity contribution in [1.29, 1.82) is 0 Å². The number of aliphatic carboxylic acids is 1. The normalized spacial score (nSPS) is 24.4. The van der Waals surface area contributed by atoms with Crippen molar-refractivity contribution < 1.29 is 19.4 Å². The van der Waals surface area contributed by atoms with Gasteiger partial charge in [0.1, 0.15) is 5.60 Å². The standard InChI is InChI=1S/C11H20N2O4/c1-11(2,3)17-10(16)13-5-7-4-12-6-8(7)9(14)15/h7-8,12H,4-6H2,1-3H3,(H,13,16)(H,14,15). The predicted molar refractivity (Wildman–Crippen MR) is 61.7 cm³/mol. The molecule has 1 heterocycles. The first-order valence-corrected chi connectivity index (χ1v) is 5.70. The number of alkyl carbamates (subject to hydrolysis) is 1. The number of amides is 1. The van der Waals surface area contributed by atoms with Gasteiger partial charge in [0.25, 0.3) is 0 Å². The van der Waals surface area contributed by atoms with Crippen LogP contribution in [-0.4, -0.2) is 42.4 Å². The minimum atomic E-state index is -0.828. The molecule has 2 atom stereocenters. The largest absolute Gasteiger partial charge is 0.481 e. The maximum absolute atomic E-state index is 11.4. The molecule has 0 spiro atoms. The summed E-state index contributed by atoms with van der Waals surface area (Å²) in [6.07, 6.45) is -0.506. The molecule has 3 N–H and O–H groups in total. The number of carboxylic acid groups (broad SMARTS) is 1. The highest BCUT2D eigenvalue weighted by Gasteiger charge is 2.33. The third-order valence-electron chi connectivity index (χ3n) is 2.56. The van der Waals surface area contributed by atoms with Gasteiger partial charge in [-0.1, -0.05) is 0 Å². The van der Waals surface area contributed by atoms with E-state index in [0.29, 0.717) is 19.6 Å². The molecular formula is C11H20N2O4. The van der Waals surface area contributed by atoms with E-state index in [1.54, 1.807) is 20.8 Å². The van der Waals surface area contributed by atoms with Crippen LogP contribution in [0.2, 0.25) is 0 Å². The molecule has 1 amide bonds. The molecule has 1 aliphatic rings. The van der Waals surface area contributed by atoms with Gasteiger partial charge in [-0.15, -0.1) is 0 Å². The van der Waals surface area contributed by atoms with E-state index in [4.69, 9.17) is 9.84 Å². The molecule has 17 heavy (non-hydrogen) atoms. The van der Waals surface area contributed by atoms with Crippen LogP contribution in [-0.2, 0) is 9.53 Å². The van der Waals surface area contributed by atoms with Gasteiger partial charge in [-0.25, -0.2) is 4.79 Å². The van der Waals surface area contributed by atoms with Gasteiger partial charge < -0.3 is 20.5 Å². The summed E-state index contributed by atoms with van der Waals surface area (Å²) in [5.74, 6) is -1.35. The van der Waals surface area contributed by atoms with Gasteiger partial charge in [0, 0.05) is 25.6 Å². The van der Waals surface area contributed by atoms with Gasteiger partial charge in [0.2, 0.25) is 0 Å². The highest BCUT2D eigenvalue weighted by molar-refractivity contribution is 5.71. The smallest absolute Gasteiger partial charge is 0.407 e. The van der Waals surface area contributed by atoms with Gasteiger partial charge in [-0.2, -0.15) is 0 Å².